The van der Waals surface area contributed by atoms with Crippen LogP contribution in [0.25, 0.3) is 0 Å². The molecule has 0 atom stereocenters. The van der Waals surface area contributed by atoms with E-state index in [2.05, 4.69) is 57.8 Å². The lowest BCUT2D eigenvalue weighted by Gasteiger charge is -2.35. The highest BCUT2D eigenvalue weighted by Gasteiger charge is 2.19. The molecule has 136 valence electrons. The summed E-state index contributed by atoms with van der Waals surface area (Å²) in [6.07, 6.45) is 6.29. The third-order valence-electron chi connectivity index (χ3n) is 4.45. The molecule has 2 rings (SSSR count). The SMILES string of the molecule is CC(C)(C)c1ccc(CC(=O)NC2=CCN(C(C)(C)C)C=C2)c(N)c1. The smallest absolute Gasteiger partial charge is 0.228 e. The molecule has 0 spiro atoms. The van der Waals surface area contributed by atoms with Crippen LogP contribution < -0.4 is 11.1 Å². The molecule has 0 aromatic heterocycles. The number of nitrogens with one attached hydrogen (secondary N) is 1. The van der Waals surface area contributed by atoms with E-state index in [1.54, 1.807) is 0 Å². The Morgan fingerprint density at radius 2 is 1.88 bits per heavy atom. The minimum Gasteiger partial charge on any atom is -0.398 e. The summed E-state index contributed by atoms with van der Waals surface area (Å²) >= 11 is 0. The molecule has 4 nitrogen and oxygen atoms in total. The van der Waals surface area contributed by atoms with Crippen molar-refractivity contribution in [2.24, 2.45) is 0 Å². The molecule has 1 amide bonds. The van der Waals surface area contributed by atoms with Gasteiger partial charge in [-0.15, -0.1) is 0 Å². The standard InChI is InChI=1S/C21H31N3O/c1-20(2,3)16-8-7-15(18(22)14-16)13-19(25)23-17-9-11-24(12-10-17)21(4,5)6/h7-11,14H,12-13,22H2,1-6H3,(H,23,25). The number of hydrogen-bond acceptors (Lipinski definition) is 3. The lowest BCUT2D eigenvalue weighted by molar-refractivity contribution is -0.119. The molecule has 1 aliphatic heterocycles. The second kappa shape index (κ2) is 6.95. The van der Waals surface area contributed by atoms with Crippen molar-refractivity contribution >= 4 is 11.6 Å². The number of nitrogens with zero attached hydrogens (tertiary/aromatic N) is 1. The van der Waals surface area contributed by atoms with E-state index in [1.165, 1.54) is 5.56 Å². The van der Waals surface area contributed by atoms with Crippen LogP contribution in [-0.2, 0) is 16.6 Å². The maximum absolute atomic E-state index is 12.3. The summed E-state index contributed by atoms with van der Waals surface area (Å²) in [4.78, 5) is 14.6. The number of carbonyl (C=O) groups excluding carboxylic acids is 1. The van der Waals surface area contributed by atoms with Gasteiger partial charge in [0, 0.05) is 29.7 Å². The van der Waals surface area contributed by atoms with Gasteiger partial charge in [-0.2, -0.15) is 0 Å². The van der Waals surface area contributed by atoms with E-state index in [4.69, 9.17) is 5.73 Å². The van der Waals surface area contributed by atoms with E-state index < -0.39 is 0 Å². The Morgan fingerprint density at radius 1 is 1.20 bits per heavy atom. The van der Waals surface area contributed by atoms with Crippen molar-refractivity contribution in [2.45, 2.75) is 58.9 Å². The minimum absolute atomic E-state index is 0.0460. The van der Waals surface area contributed by atoms with Gasteiger partial charge in [-0.3, -0.25) is 4.79 Å². The van der Waals surface area contributed by atoms with Gasteiger partial charge in [0.05, 0.1) is 6.42 Å². The first-order chi connectivity index (χ1) is 11.5. The van der Waals surface area contributed by atoms with Gasteiger partial charge in [0.25, 0.3) is 0 Å². The summed E-state index contributed by atoms with van der Waals surface area (Å²) in [7, 11) is 0. The molecule has 1 heterocycles. The minimum atomic E-state index is -0.0460. The molecule has 3 N–H and O–H groups in total. The molecule has 0 unspecified atom stereocenters. The summed E-state index contributed by atoms with van der Waals surface area (Å²) < 4.78 is 0. The number of nitrogens with two attached hydrogens (primary N) is 1. The first-order valence-electron chi connectivity index (χ1n) is 8.80. The molecular weight excluding hydrogens is 310 g/mol. The molecule has 4 heteroatoms. The largest absolute Gasteiger partial charge is 0.398 e. The summed E-state index contributed by atoms with van der Waals surface area (Å²) in [5, 5.41) is 2.96. The number of hydrogen-bond donors (Lipinski definition) is 2. The Bertz CT molecular complexity index is 703. The highest BCUT2D eigenvalue weighted by molar-refractivity contribution is 5.82. The van der Waals surface area contributed by atoms with Crippen LogP contribution in [-0.4, -0.2) is 22.9 Å². The molecule has 1 aliphatic rings. The van der Waals surface area contributed by atoms with Crippen LogP contribution in [0.5, 0.6) is 0 Å². The number of carbonyl (C=O) groups is 1. The molecular formula is C21H31N3O. The fourth-order valence-electron chi connectivity index (χ4n) is 2.69. The van der Waals surface area contributed by atoms with Crippen LogP contribution in [0.3, 0.4) is 0 Å². The Kier molecular flexibility index (Phi) is 5.31. The number of nitrogen functional groups attached to an aromatic ring is 1. The van der Waals surface area contributed by atoms with Gasteiger partial charge < -0.3 is 16.0 Å². The third-order valence-corrected chi connectivity index (χ3v) is 4.45. The molecule has 25 heavy (non-hydrogen) atoms. The zero-order valence-corrected chi connectivity index (χ0v) is 16.3. The maximum atomic E-state index is 12.3. The summed E-state index contributed by atoms with van der Waals surface area (Å²) in [5.74, 6) is -0.0460. The van der Waals surface area contributed by atoms with Crippen LogP contribution in [0.4, 0.5) is 5.69 Å². The van der Waals surface area contributed by atoms with Gasteiger partial charge in [0.15, 0.2) is 0 Å². The van der Waals surface area contributed by atoms with E-state index in [1.807, 2.05) is 30.5 Å². The van der Waals surface area contributed by atoms with E-state index in [0.717, 1.165) is 17.8 Å². The number of amides is 1. The number of allylic oxidation sites excluding steroid dienone is 1. The molecule has 0 radical (unpaired) electrons. The predicted molar refractivity (Wildman–Crippen MR) is 105 cm³/mol. The van der Waals surface area contributed by atoms with Gasteiger partial charge >= 0.3 is 0 Å². The highest BCUT2D eigenvalue weighted by atomic mass is 16.1. The number of anilines is 1. The van der Waals surface area contributed by atoms with E-state index in [9.17, 15) is 4.79 Å². The quantitative estimate of drug-likeness (QED) is 0.824. The highest BCUT2D eigenvalue weighted by Crippen LogP contribution is 2.26. The van der Waals surface area contributed by atoms with Gasteiger partial charge in [-0.1, -0.05) is 32.9 Å². The lowest BCUT2D eigenvalue weighted by atomic mass is 9.86. The topological polar surface area (TPSA) is 58.4 Å². The molecule has 0 bridgehead atoms. The van der Waals surface area contributed by atoms with Crippen LogP contribution in [0, 0.1) is 0 Å². The first-order valence-corrected chi connectivity index (χ1v) is 8.80. The molecule has 1 aromatic rings. The molecule has 0 aliphatic carbocycles. The van der Waals surface area contributed by atoms with Crippen molar-refractivity contribution < 1.29 is 4.79 Å². The molecule has 0 saturated heterocycles. The second-order valence-corrected chi connectivity index (χ2v) is 8.69. The normalized spacial score (nSPS) is 15.1. The summed E-state index contributed by atoms with van der Waals surface area (Å²) in [5.41, 5.74) is 9.83. The third kappa shape index (κ3) is 5.12. The van der Waals surface area contributed by atoms with E-state index >= 15 is 0 Å². The van der Waals surface area contributed by atoms with E-state index in [0.29, 0.717) is 5.69 Å². The monoisotopic (exact) mass is 341 g/mol. The van der Waals surface area contributed by atoms with Crippen LogP contribution in [0.1, 0.15) is 52.7 Å². The van der Waals surface area contributed by atoms with Gasteiger partial charge in [-0.25, -0.2) is 0 Å². The van der Waals surface area contributed by atoms with E-state index in [-0.39, 0.29) is 23.3 Å². The number of benzene rings is 1. The lowest BCUT2D eigenvalue weighted by Crippen LogP contribution is -2.39. The Labute approximate surface area is 151 Å². The zero-order chi connectivity index (χ0) is 18.8. The number of rotatable bonds is 3. The Balaban J connectivity index is 1.98. The van der Waals surface area contributed by atoms with Crippen molar-refractivity contribution in [3.63, 3.8) is 0 Å². The first kappa shape index (κ1) is 19.1. The van der Waals surface area contributed by atoms with Crippen LogP contribution >= 0.6 is 0 Å². The molecule has 1 aromatic carbocycles. The fourth-order valence-corrected chi connectivity index (χ4v) is 2.69. The zero-order valence-electron chi connectivity index (χ0n) is 16.3. The fraction of sp³-hybridized carbons (Fsp3) is 0.476. The van der Waals surface area contributed by atoms with Crippen LogP contribution in [0.15, 0.2) is 42.2 Å². The van der Waals surface area contributed by atoms with Crippen molar-refractivity contribution in [1.82, 2.24) is 10.2 Å². The average molecular weight is 341 g/mol. The summed E-state index contributed by atoms with van der Waals surface area (Å²) in [6.45, 7) is 13.7. The molecule has 0 saturated carbocycles. The van der Waals surface area contributed by atoms with Gasteiger partial charge in [0.1, 0.15) is 0 Å². The van der Waals surface area contributed by atoms with Crippen molar-refractivity contribution in [1.29, 1.82) is 0 Å². The maximum Gasteiger partial charge on any atom is 0.228 e. The average Bonchev–Trinajstić information content (AvgIpc) is 2.48. The van der Waals surface area contributed by atoms with Crippen molar-refractivity contribution in [3.05, 3.63) is 53.4 Å². The van der Waals surface area contributed by atoms with Crippen molar-refractivity contribution in [2.75, 3.05) is 12.3 Å². The Hall–Kier alpha value is -2.23. The van der Waals surface area contributed by atoms with Gasteiger partial charge in [0.2, 0.25) is 5.91 Å². The second-order valence-electron chi connectivity index (χ2n) is 8.69. The summed E-state index contributed by atoms with van der Waals surface area (Å²) in [6, 6.07) is 5.99. The Morgan fingerprint density at radius 3 is 2.36 bits per heavy atom. The van der Waals surface area contributed by atoms with Crippen LogP contribution in [0.2, 0.25) is 0 Å². The molecule has 0 fully saturated rings. The predicted octanol–water partition coefficient (Wildman–Crippen LogP) is 3.74. The van der Waals surface area contributed by atoms with Gasteiger partial charge in [-0.05, 0) is 55.5 Å². The van der Waals surface area contributed by atoms with Crippen molar-refractivity contribution in [3.8, 4) is 0 Å².